The number of nitrogens with one attached hydrogen (secondary N) is 1. The quantitative estimate of drug-likeness (QED) is 0.779. The van der Waals surface area contributed by atoms with Crippen molar-refractivity contribution < 1.29 is 9.18 Å². The van der Waals surface area contributed by atoms with Crippen molar-refractivity contribution >= 4 is 5.91 Å². The van der Waals surface area contributed by atoms with Crippen molar-refractivity contribution in [2.75, 3.05) is 6.54 Å². The summed E-state index contributed by atoms with van der Waals surface area (Å²) in [7, 11) is 0. The number of halogens is 1. The van der Waals surface area contributed by atoms with Crippen molar-refractivity contribution in [1.82, 2.24) is 5.32 Å². The molecule has 0 radical (unpaired) electrons. The van der Waals surface area contributed by atoms with E-state index in [1.54, 1.807) is 26.0 Å². The molecule has 0 saturated heterocycles. The summed E-state index contributed by atoms with van der Waals surface area (Å²) in [6.45, 7) is 4.10. The van der Waals surface area contributed by atoms with Crippen LogP contribution >= 0.6 is 0 Å². The highest BCUT2D eigenvalue weighted by molar-refractivity contribution is 5.75. The number of nitrogens with two attached hydrogens (primary N) is 1. The second-order valence-corrected chi connectivity index (χ2v) is 3.61. The second-order valence-electron chi connectivity index (χ2n) is 3.61. The number of hydrogen-bond acceptors (Lipinski definition) is 2. The molecule has 1 amide bonds. The number of carbonyl (C=O) groups is 1. The highest BCUT2D eigenvalue weighted by atomic mass is 19.1. The van der Waals surface area contributed by atoms with Crippen LogP contribution in [0.1, 0.15) is 16.7 Å². The number of amides is 1. The Labute approximate surface area is 88.5 Å². The first-order chi connectivity index (χ1) is 7.00. The van der Waals surface area contributed by atoms with Crippen LogP contribution in [0.4, 0.5) is 4.39 Å². The van der Waals surface area contributed by atoms with Gasteiger partial charge in [0, 0.05) is 6.54 Å². The van der Waals surface area contributed by atoms with Gasteiger partial charge in [-0.3, -0.25) is 4.79 Å². The van der Waals surface area contributed by atoms with E-state index in [0.717, 1.165) is 5.56 Å². The van der Waals surface area contributed by atoms with Crippen molar-refractivity contribution in [2.45, 2.75) is 20.4 Å². The number of rotatable bonds is 4. The summed E-state index contributed by atoms with van der Waals surface area (Å²) in [6, 6.07) is 3.52. The van der Waals surface area contributed by atoms with Crippen molar-refractivity contribution in [3.8, 4) is 0 Å². The number of primary amides is 1. The molecule has 0 atom stereocenters. The molecule has 0 unspecified atom stereocenters. The molecule has 1 rings (SSSR count). The minimum Gasteiger partial charge on any atom is -0.369 e. The Morgan fingerprint density at radius 2 is 1.93 bits per heavy atom. The lowest BCUT2D eigenvalue weighted by Gasteiger charge is -2.07. The van der Waals surface area contributed by atoms with Gasteiger partial charge < -0.3 is 11.1 Å². The third-order valence-electron chi connectivity index (χ3n) is 2.12. The first-order valence-corrected chi connectivity index (χ1v) is 4.75. The Balaban J connectivity index is 2.66. The predicted octanol–water partition coefficient (Wildman–Crippen LogP) is 1.02. The highest BCUT2D eigenvalue weighted by Crippen LogP contribution is 2.14. The van der Waals surface area contributed by atoms with Gasteiger partial charge in [-0.25, -0.2) is 4.39 Å². The maximum Gasteiger partial charge on any atom is 0.231 e. The van der Waals surface area contributed by atoms with Crippen LogP contribution in [0, 0.1) is 19.7 Å². The molecule has 0 spiro atoms. The van der Waals surface area contributed by atoms with Crippen LogP contribution in [0.25, 0.3) is 0 Å². The van der Waals surface area contributed by atoms with Gasteiger partial charge in [-0.15, -0.1) is 0 Å². The van der Waals surface area contributed by atoms with Crippen LogP contribution in [0.5, 0.6) is 0 Å². The molecule has 0 fully saturated rings. The maximum atomic E-state index is 13.3. The van der Waals surface area contributed by atoms with Crippen molar-refractivity contribution in [1.29, 1.82) is 0 Å². The van der Waals surface area contributed by atoms with E-state index in [2.05, 4.69) is 5.32 Å². The molecule has 1 aromatic carbocycles. The molecule has 4 heteroatoms. The first-order valence-electron chi connectivity index (χ1n) is 4.75. The fourth-order valence-electron chi connectivity index (χ4n) is 1.47. The monoisotopic (exact) mass is 210 g/mol. The molecule has 0 aliphatic rings. The number of carbonyl (C=O) groups excluding carboxylic acids is 1. The Kier molecular flexibility index (Phi) is 3.80. The predicted molar refractivity (Wildman–Crippen MR) is 56.8 cm³/mol. The zero-order valence-corrected chi connectivity index (χ0v) is 8.93. The molecule has 15 heavy (non-hydrogen) atoms. The van der Waals surface area contributed by atoms with Crippen molar-refractivity contribution in [3.05, 3.63) is 34.6 Å². The number of benzene rings is 1. The highest BCUT2D eigenvalue weighted by Gasteiger charge is 2.04. The summed E-state index contributed by atoms with van der Waals surface area (Å²) in [5.74, 6) is -0.570. The van der Waals surface area contributed by atoms with E-state index in [0.29, 0.717) is 17.7 Å². The lowest BCUT2D eigenvalue weighted by Crippen LogP contribution is -2.28. The molecule has 82 valence electrons. The summed E-state index contributed by atoms with van der Waals surface area (Å²) in [5, 5.41) is 2.88. The normalized spacial score (nSPS) is 10.3. The van der Waals surface area contributed by atoms with Crippen LogP contribution in [-0.4, -0.2) is 12.5 Å². The van der Waals surface area contributed by atoms with Crippen LogP contribution in [-0.2, 0) is 11.3 Å². The number of hydrogen-bond donors (Lipinski definition) is 2. The van der Waals surface area contributed by atoms with Gasteiger partial charge in [-0.1, -0.05) is 12.1 Å². The molecule has 0 aromatic heterocycles. The molecule has 0 heterocycles. The Morgan fingerprint density at radius 3 is 2.40 bits per heavy atom. The summed E-state index contributed by atoms with van der Waals surface area (Å²) in [6.07, 6.45) is 0. The average Bonchev–Trinajstić information content (AvgIpc) is 2.13. The Morgan fingerprint density at radius 1 is 1.40 bits per heavy atom. The molecular formula is C11H15FN2O. The van der Waals surface area contributed by atoms with E-state index >= 15 is 0 Å². The van der Waals surface area contributed by atoms with Gasteiger partial charge in [0.05, 0.1) is 6.54 Å². The minimum absolute atomic E-state index is 0.134. The van der Waals surface area contributed by atoms with Gasteiger partial charge in [0.15, 0.2) is 0 Å². The van der Waals surface area contributed by atoms with E-state index in [1.807, 2.05) is 0 Å². The fourth-order valence-corrected chi connectivity index (χ4v) is 1.47. The lowest BCUT2D eigenvalue weighted by molar-refractivity contribution is -0.117. The molecule has 3 nitrogen and oxygen atoms in total. The smallest absolute Gasteiger partial charge is 0.231 e. The molecular weight excluding hydrogens is 195 g/mol. The zero-order chi connectivity index (χ0) is 11.4. The summed E-state index contributed by atoms with van der Waals surface area (Å²) in [5.41, 5.74) is 7.16. The molecule has 0 aliphatic carbocycles. The van der Waals surface area contributed by atoms with E-state index in [1.165, 1.54) is 0 Å². The van der Waals surface area contributed by atoms with Gasteiger partial charge in [0.2, 0.25) is 5.91 Å². The Bertz CT molecular complexity index is 354. The third kappa shape index (κ3) is 3.32. The van der Waals surface area contributed by atoms with E-state index in [4.69, 9.17) is 5.73 Å². The molecule has 0 saturated carbocycles. The number of aryl methyl sites for hydroxylation is 2. The summed E-state index contributed by atoms with van der Waals surface area (Å²) >= 11 is 0. The largest absolute Gasteiger partial charge is 0.369 e. The van der Waals surface area contributed by atoms with Crippen LogP contribution < -0.4 is 11.1 Å². The standard InChI is InChI=1S/C11H15FN2O/c1-7-3-9(4-8(2)11(7)12)5-14-6-10(13)15/h3-4,14H,5-6H2,1-2H3,(H2,13,15). The van der Waals surface area contributed by atoms with Crippen LogP contribution in [0.2, 0.25) is 0 Å². The van der Waals surface area contributed by atoms with E-state index in [-0.39, 0.29) is 12.4 Å². The zero-order valence-electron chi connectivity index (χ0n) is 8.93. The molecule has 0 aliphatic heterocycles. The lowest BCUT2D eigenvalue weighted by atomic mass is 10.1. The SMILES string of the molecule is Cc1cc(CNCC(N)=O)cc(C)c1F. The summed E-state index contributed by atoms with van der Waals surface area (Å²) in [4.78, 5) is 10.5. The van der Waals surface area contributed by atoms with Crippen LogP contribution in [0.3, 0.4) is 0 Å². The van der Waals surface area contributed by atoms with Gasteiger partial charge in [0.25, 0.3) is 0 Å². The Hall–Kier alpha value is -1.42. The van der Waals surface area contributed by atoms with E-state index < -0.39 is 5.91 Å². The van der Waals surface area contributed by atoms with Crippen molar-refractivity contribution in [2.24, 2.45) is 5.73 Å². The second kappa shape index (κ2) is 4.89. The van der Waals surface area contributed by atoms with Gasteiger partial charge in [-0.2, -0.15) is 0 Å². The fraction of sp³-hybridized carbons (Fsp3) is 0.364. The van der Waals surface area contributed by atoms with Gasteiger partial charge >= 0.3 is 0 Å². The summed E-state index contributed by atoms with van der Waals surface area (Å²) < 4.78 is 13.3. The average molecular weight is 210 g/mol. The first kappa shape index (κ1) is 11.7. The van der Waals surface area contributed by atoms with Gasteiger partial charge in [0.1, 0.15) is 5.82 Å². The van der Waals surface area contributed by atoms with Crippen molar-refractivity contribution in [3.63, 3.8) is 0 Å². The van der Waals surface area contributed by atoms with Crippen LogP contribution in [0.15, 0.2) is 12.1 Å². The van der Waals surface area contributed by atoms with E-state index in [9.17, 15) is 9.18 Å². The third-order valence-corrected chi connectivity index (χ3v) is 2.12. The maximum absolute atomic E-state index is 13.3. The minimum atomic E-state index is -0.398. The topological polar surface area (TPSA) is 55.1 Å². The molecule has 3 N–H and O–H groups in total. The molecule has 0 bridgehead atoms. The molecule has 1 aromatic rings. The van der Waals surface area contributed by atoms with Gasteiger partial charge in [-0.05, 0) is 30.5 Å².